The fourth-order valence-corrected chi connectivity index (χ4v) is 1.75. The van der Waals surface area contributed by atoms with Crippen molar-refractivity contribution in [2.75, 3.05) is 32.8 Å². The molecule has 0 spiro atoms. The van der Waals surface area contributed by atoms with E-state index in [4.69, 9.17) is 14.9 Å². The standard InChI is InChI=1S/C13H25NO5/c1-3-19-9-5-8-14(7-4-6-12(15)16)10-11(2)13(17)18/h11H,3-10H2,1-2H3,(H,15,16)(H,17,18). The van der Waals surface area contributed by atoms with Crippen LogP contribution in [0.15, 0.2) is 0 Å². The monoisotopic (exact) mass is 275 g/mol. The van der Waals surface area contributed by atoms with Gasteiger partial charge in [-0.1, -0.05) is 6.92 Å². The van der Waals surface area contributed by atoms with E-state index in [9.17, 15) is 9.59 Å². The van der Waals surface area contributed by atoms with Gasteiger partial charge in [0, 0.05) is 32.7 Å². The lowest BCUT2D eigenvalue weighted by molar-refractivity contribution is -0.142. The Bertz CT molecular complexity index is 270. The Hall–Kier alpha value is -1.14. The van der Waals surface area contributed by atoms with E-state index < -0.39 is 17.9 Å². The van der Waals surface area contributed by atoms with Gasteiger partial charge in [-0.3, -0.25) is 9.59 Å². The van der Waals surface area contributed by atoms with Crippen LogP contribution in [0.3, 0.4) is 0 Å². The summed E-state index contributed by atoms with van der Waals surface area (Å²) < 4.78 is 5.24. The van der Waals surface area contributed by atoms with Gasteiger partial charge in [0.25, 0.3) is 0 Å². The molecule has 0 amide bonds. The van der Waals surface area contributed by atoms with E-state index in [1.54, 1.807) is 6.92 Å². The quantitative estimate of drug-likeness (QED) is 0.522. The van der Waals surface area contributed by atoms with Crippen LogP contribution < -0.4 is 0 Å². The van der Waals surface area contributed by atoms with Crippen molar-refractivity contribution in [3.05, 3.63) is 0 Å². The molecule has 6 nitrogen and oxygen atoms in total. The number of nitrogens with zero attached hydrogens (tertiary/aromatic N) is 1. The second-order valence-corrected chi connectivity index (χ2v) is 4.59. The molecule has 1 atom stereocenters. The van der Waals surface area contributed by atoms with Gasteiger partial charge in [-0.25, -0.2) is 0 Å². The highest BCUT2D eigenvalue weighted by molar-refractivity contribution is 5.69. The molecular weight excluding hydrogens is 250 g/mol. The largest absolute Gasteiger partial charge is 0.481 e. The third kappa shape index (κ3) is 10.5. The van der Waals surface area contributed by atoms with Crippen LogP contribution in [0.5, 0.6) is 0 Å². The first-order chi connectivity index (χ1) is 8.97. The molecule has 0 aliphatic carbocycles. The van der Waals surface area contributed by atoms with E-state index in [1.807, 2.05) is 11.8 Å². The van der Waals surface area contributed by atoms with Crippen molar-refractivity contribution in [1.29, 1.82) is 0 Å². The van der Waals surface area contributed by atoms with Crippen LogP contribution in [0.1, 0.15) is 33.1 Å². The highest BCUT2D eigenvalue weighted by atomic mass is 16.5. The van der Waals surface area contributed by atoms with Crippen LogP contribution in [-0.4, -0.2) is 59.9 Å². The number of carbonyl (C=O) groups is 2. The maximum Gasteiger partial charge on any atom is 0.307 e. The lowest BCUT2D eigenvalue weighted by Gasteiger charge is -2.23. The van der Waals surface area contributed by atoms with Gasteiger partial charge in [0.05, 0.1) is 5.92 Å². The molecule has 0 aromatic heterocycles. The molecule has 0 aromatic carbocycles. The van der Waals surface area contributed by atoms with Crippen molar-refractivity contribution in [3.63, 3.8) is 0 Å². The molecule has 0 radical (unpaired) electrons. The summed E-state index contributed by atoms with van der Waals surface area (Å²) >= 11 is 0. The average molecular weight is 275 g/mol. The minimum Gasteiger partial charge on any atom is -0.481 e. The van der Waals surface area contributed by atoms with Crippen molar-refractivity contribution in [1.82, 2.24) is 4.90 Å². The summed E-state index contributed by atoms with van der Waals surface area (Å²) in [5.74, 6) is -2.09. The van der Waals surface area contributed by atoms with Crippen molar-refractivity contribution in [2.24, 2.45) is 5.92 Å². The van der Waals surface area contributed by atoms with Gasteiger partial charge in [0.2, 0.25) is 0 Å². The maximum atomic E-state index is 10.8. The van der Waals surface area contributed by atoms with Gasteiger partial charge in [0.1, 0.15) is 0 Å². The van der Waals surface area contributed by atoms with Crippen LogP contribution in [0.25, 0.3) is 0 Å². The summed E-state index contributed by atoms with van der Waals surface area (Å²) in [7, 11) is 0. The number of hydrogen-bond acceptors (Lipinski definition) is 4. The first-order valence-electron chi connectivity index (χ1n) is 6.72. The van der Waals surface area contributed by atoms with Crippen molar-refractivity contribution in [2.45, 2.75) is 33.1 Å². The van der Waals surface area contributed by atoms with Gasteiger partial charge < -0.3 is 19.8 Å². The van der Waals surface area contributed by atoms with Gasteiger partial charge in [-0.05, 0) is 26.3 Å². The van der Waals surface area contributed by atoms with Crippen LogP contribution in [0.4, 0.5) is 0 Å². The molecule has 0 rings (SSSR count). The zero-order valence-electron chi connectivity index (χ0n) is 11.8. The van der Waals surface area contributed by atoms with Crippen molar-refractivity contribution >= 4 is 11.9 Å². The molecule has 0 aliphatic rings. The normalized spacial score (nSPS) is 12.6. The molecule has 0 bridgehead atoms. The highest BCUT2D eigenvalue weighted by Gasteiger charge is 2.16. The van der Waals surface area contributed by atoms with E-state index in [0.717, 1.165) is 13.0 Å². The molecule has 0 aromatic rings. The van der Waals surface area contributed by atoms with Crippen LogP contribution in [-0.2, 0) is 14.3 Å². The predicted molar refractivity (Wildman–Crippen MR) is 71.2 cm³/mol. The van der Waals surface area contributed by atoms with E-state index in [0.29, 0.717) is 32.7 Å². The van der Waals surface area contributed by atoms with Crippen LogP contribution >= 0.6 is 0 Å². The first kappa shape index (κ1) is 17.9. The van der Waals surface area contributed by atoms with Gasteiger partial charge >= 0.3 is 11.9 Å². The Morgan fingerprint density at radius 1 is 1.21 bits per heavy atom. The minimum absolute atomic E-state index is 0.114. The molecule has 6 heteroatoms. The SMILES string of the molecule is CCOCCCN(CCCC(=O)O)CC(C)C(=O)O. The topological polar surface area (TPSA) is 87.1 Å². The molecule has 0 fully saturated rings. The van der Waals surface area contributed by atoms with E-state index in [-0.39, 0.29) is 6.42 Å². The zero-order valence-corrected chi connectivity index (χ0v) is 11.8. The third-order valence-electron chi connectivity index (χ3n) is 2.79. The van der Waals surface area contributed by atoms with Crippen molar-refractivity contribution in [3.8, 4) is 0 Å². The third-order valence-corrected chi connectivity index (χ3v) is 2.79. The summed E-state index contributed by atoms with van der Waals surface area (Å²) in [5, 5.41) is 17.5. The number of rotatable bonds is 12. The first-order valence-corrected chi connectivity index (χ1v) is 6.72. The minimum atomic E-state index is -0.826. The van der Waals surface area contributed by atoms with E-state index >= 15 is 0 Å². The highest BCUT2D eigenvalue weighted by Crippen LogP contribution is 2.04. The van der Waals surface area contributed by atoms with Gasteiger partial charge in [0.15, 0.2) is 0 Å². The Morgan fingerprint density at radius 3 is 2.37 bits per heavy atom. The second kappa shape index (κ2) is 10.8. The fourth-order valence-electron chi connectivity index (χ4n) is 1.75. The number of hydrogen-bond donors (Lipinski definition) is 2. The summed E-state index contributed by atoms with van der Waals surface area (Å²) in [6.07, 6.45) is 1.48. The molecule has 0 saturated heterocycles. The zero-order chi connectivity index (χ0) is 14.7. The smallest absolute Gasteiger partial charge is 0.307 e. The van der Waals surface area contributed by atoms with Crippen LogP contribution in [0.2, 0.25) is 0 Å². The molecule has 0 aliphatic heterocycles. The number of ether oxygens (including phenoxy) is 1. The Labute approximate surface area is 114 Å². The molecule has 0 heterocycles. The summed E-state index contributed by atoms with van der Waals surface area (Å²) in [6.45, 7) is 6.69. The summed E-state index contributed by atoms with van der Waals surface area (Å²) in [6, 6.07) is 0. The lowest BCUT2D eigenvalue weighted by Crippen LogP contribution is -2.34. The number of carboxylic acid groups (broad SMARTS) is 2. The van der Waals surface area contributed by atoms with E-state index in [1.165, 1.54) is 0 Å². The predicted octanol–water partition coefficient (Wildman–Crippen LogP) is 1.30. The molecule has 2 N–H and O–H groups in total. The second-order valence-electron chi connectivity index (χ2n) is 4.59. The Morgan fingerprint density at radius 2 is 1.84 bits per heavy atom. The Kier molecular flexibility index (Phi) is 10.1. The van der Waals surface area contributed by atoms with Crippen molar-refractivity contribution < 1.29 is 24.5 Å². The average Bonchev–Trinajstić information content (AvgIpc) is 2.33. The number of aliphatic carboxylic acids is 2. The molecule has 1 unspecified atom stereocenters. The molecule has 19 heavy (non-hydrogen) atoms. The van der Waals surface area contributed by atoms with E-state index in [2.05, 4.69) is 0 Å². The summed E-state index contributed by atoms with van der Waals surface area (Å²) in [5.41, 5.74) is 0. The number of carboxylic acids is 2. The maximum absolute atomic E-state index is 10.8. The summed E-state index contributed by atoms with van der Waals surface area (Å²) in [4.78, 5) is 23.3. The van der Waals surface area contributed by atoms with Gasteiger partial charge in [-0.2, -0.15) is 0 Å². The van der Waals surface area contributed by atoms with Gasteiger partial charge in [-0.15, -0.1) is 0 Å². The Balaban J connectivity index is 4.05. The molecule has 0 saturated carbocycles. The fraction of sp³-hybridized carbons (Fsp3) is 0.846. The molecule has 112 valence electrons. The lowest BCUT2D eigenvalue weighted by atomic mass is 10.1. The molecular formula is C13H25NO5. The van der Waals surface area contributed by atoms with Crippen LogP contribution in [0, 0.1) is 5.92 Å².